The van der Waals surface area contributed by atoms with E-state index in [1.807, 2.05) is 42.2 Å². The Hall–Kier alpha value is -3.32. The van der Waals surface area contributed by atoms with E-state index in [1.165, 1.54) is 4.88 Å². The second kappa shape index (κ2) is 11.2. The van der Waals surface area contributed by atoms with Gasteiger partial charge in [-0.15, -0.1) is 11.3 Å². The summed E-state index contributed by atoms with van der Waals surface area (Å²) in [5.41, 5.74) is 1.69. The molecule has 1 unspecified atom stereocenters. The first-order valence-electron chi connectivity index (χ1n) is 11.6. The highest BCUT2D eigenvalue weighted by atomic mass is 32.1. The molecular formula is C27H30N2O4S. The summed E-state index contributed by atoms with van der Waals surface area (Å²) in [5.74, 6) is 1.26. The van der Waals surface area contributed by atoms with Gasteiger partial charge >= 0.3 is 0 Å². The van der Waals surface area contributed by atoms with Crippen LogP contribution in [-0.4, -0.2) is 55.0 Å². The molecule has 0 bridgehead atoms. The lowest BCUT2D eigenvalue weighted by Crippen LogP contribution is -2.48. The van der Waals surface area contributed by atoms with Crippen LogP contribution >= 0.6 is 11.3 Å². The van der Waals surface area contributed by atoms with Crippen molar-refractivity contribution in [2.45, 2.75) is 25.8 Å². The number of methoxy groups -OCH3 is 1. The summed E-state index contributed by atoms with van der Waals surface area (Å²) in [6.45, 7) is 3.55. The van der Waals surface area contributed by atoms with Gasteiger partial charge in [0, 0.05) is 23.5 Å². The van der Waals surface area contributed by atoms with Crippen LogP contribution in [0.4, 0.5) is 0 Å². The molecule has 34 heavy (non-hydrogen) atoms. The van der Waals surface area contributed by atoms with Crippen molar-refractivity contribution in [3.05, 3.63) is 82.0 Å². The lowest BCUT2D eigenvalue weighted by Gasteiger charge is -2.37. The minimum Gasteiger partial charge on any atom is -0.497 e. The van der Waals surface area contributed by atoms with E-state index in [9.17, 15) is 9.59 Å². The smallest absolute Gasteiger partial charge is 0.254 e. The van der Waals surface area contributed by atoms with E-state index in [0.29, 0.717) is 31.0 Å². The highest BCUT2D eigenvalue weighted by Crippen LogP contribution is 2.34. The molecule has 0 spiro atoms. The topological polar surface area (TPSA) is 59.1 Å². The zero-order chi connectivity index (χ0) is 23.9. The molecule has 2 amide bonds. The zero-order valence-corrected chi connectivity index (χ0v) is 20.4. The van der Waals surface area contributed by atoms with E-state index in [-0.39, 0.29) is 24.4 Å². The Labute approximate surface area is 204 Å². The van der Waals surface area contributed by atoms with Crippen molar-refractivity contribution >= 4 is 23.2 Å². The number of fused-ring (bicyclic) bond motifs is 1. The van der Waals surface area contributed by atoms with Crippen LogP contribution in [0.15, 0.2) is 66.0 Å². The Kier molecular flexibility index (Phi) is 7.85. The number of hydrogen-bond acceptors (Lipinski definition) is 5. The summed E-state index contributed by atoms with van der Waals surface area (Å²) in [6.07, 6.45) is 1.59. The molecule has 0 radical (unpaired) electrons. The summed E-state index contributed by atoms with van der Waals surface area (Å²) in [5, 5.41) is 2.07. The van der Waals surface area contributed by atoms with Gasteiger partial charge in [0.2, 0.25) is 5.91 Å². The van der Waals surface area contributed by atoms with Crippen LogP contribution in [0.1, 0.15) is 40.2 Å². The van der Waals surface area contributed by atoms with Crippen LogP contribution in [-0.2, 0) is 11.2 Å². The molecule has 0 saturated carbocycles. The van der Waals surface area contributed by atoms with Gasteiger partial charge in [-0.2, -0.15) is 0 Å². The molecular weight excluding hydrogens is 448 g/mol. The monoisotopic (exact) mass is 478 g/mol. The van der Waals surface area contributed by atoms with Gasteiger partial charge < -0.3 is 19.3 Å². The number of nitrogens with zero attached hydrogens (tertiary/aromatic N) is 2. The van der Waals surface area contributed by atoms with Crippen LogP contribution < -0.4 is 9.47 Å². The van der Waals surface area contributed by atoms with Crippen molar-refractivity contribution in [3.63, 3.8) is 0 Å². The highest BCUT2D eigenvalue weighted by molar-refractivity contribution is 7.10. The van der Waals surface area contributed by atoms with Crippen LogP contribution in [0, 0.1) is 0 Å². The third kappa shape index (κ3) is 5.42. The maximum atomic E-state index is 13.5. The van der Waals surface area contributed by atoms with Crippen molar-refractivity contribution < 1.29 is 19.1 Å². The van der Waals surface area contributed by atoms with Gasteiger partial charge in [-0.25, -0.2) is 0 Å². The van der Waals surface area contributed by atoms with E-state index < -0.39 is 0 Å². The first-order valence-corrected chi connectivity index (χ1v) is 12.5. The molecule has 4 rings (SSSR count). The van der Waals surface area contributed by atoms with Crippen LogP contribution in [0.3, 0.4) is 0 Å². The molecule has 0 fully saturated rings. The van der Waals surface area contributed by atoms with Crippen LogP contribution in [0.5, 0.6) is 11.5 Å². The molecule has 2 heterocycles. The second-order valence-electron chi connectivity index (χ2n) is 8.23. The molecule has 6 nitrogen and oxygen atoms in total. The molecule has 7 heteroatoms. The molecule has 3 aromatic rings. The lowest BCUT2D eigenvalue weighted by atomic mass is 10.0. The summed E-state index contributed by atoms with van der Waals surface area (Å²) in [4.78, 5) is 31.5. The van der Waals surface area contributed by atoms with Crippen LogP contribution in [0.25, 0.3) is 0 Å². The molecule has 2 aromatic carbocycles. The van der Waals surface area contributed by atoms with Crippen molar-refractivity contribution in [2.24, 2.45) is 0 Å². The standard InChI is InChI=1S/C27H30N2O4S/c1-3-15-28(27(31)20-9-11-21(32-2)12-10-20)18-26(30)29-16-13-25-23(14-17-34-25)24(29)19-33-22-7-5-4-6-8-22/h4-12,14,17,24H,3,13,15-16,18-19H2,1-2H3. The SMILES string of the molecule is CCCN(CC(=O)N1CCc2sccc2C1COc1ccccc1)C(=O)c1ccc(OC)cc1. The minimum atomic E-state index is -0.178. The van der Waals surface area contributed by atoms with Gasteiger partial charge in [0.05, 0.1) is 13.2 Å². The zero-order valence-electron chi connectivity index (χ0n) is 19.6. The molecule has 0 aliphatic carbocycles. The Morgan fingerprint density at radius 2 is 1.82 bits per heavy atom. The summed E-state index contributed by atoms with van der Waals surface area (Å²) < 4.78 is 11.3. The predicted octanol–water partition coefficient (Wildman–Crippen LogP) is 4.81. The molecule has 1 aliphatic heterocycles. The summed E-state index contributed by atoms with van der Waals surface area (Å²) >= 11 is 1.72. The molecule has 1 aliphatic rings. The number of hydrogen-bond donors (Lipinski definition) is 0. The fourth-order valence-corrected chi connectivity index (χ4v) is 5.19. The molecule has 178 valence electrons. The van der Waals surface area contributed by atoms with E-state index in [0.717, 1.165) is 24.2 Å². The molecule has 1 aromatic heterocycles. The average Bonchev–Trinajstić information content (AvgIpc) is 3.36. The number of rotatable bonds is 9. The van der Waals surface area contributed by atoms with E-state index in [1.54, 1.807) is 47.6 Å². The Bertz CT molecular complexity index is 1100. The van der Waals surface area contributed by atoms with Gasteiger partial charge in [0.1, 0.15) is 24.7 Å². The molecule has 0 saturated heterocycles. The maximum Gasteiger partial charge on any atom is 0.254 e. The number of thiophene rings is 1. The van der Waals surface area contributed by atoms with Crippen molar-refractivity contribution in [1.29, 1.82) is 0 Å². The van der Waals surface area contributed by atoms with Gasteiger partial charge in [-0.1, -0.05) is 25.1 Å². The third-order valence-electron chi connectivity index (χ3n) is 6.01. The van der Waals surface area contributed by atoms with E-state index in [4.69, 9.17) is 9.47 Å². The fourth-order valence-electron chi connectivity index (χ4n) is 4.26. The van der Waals surface area contributed by atoms with E-state index >= 15 is 0 Å². The first-order chi connectivity index (χ1) is 16.6. The summed E-state index contributed by atoms with van der Waals surface area (Å²) in [7, 11) is 1.59. The van der Waals surface area contributed by atoms with Gasteiger partial charge in [0.15, 0.2) is 0 Å². The van der Waals surface area contributed by atoms with Crippen molar-refractivity contribution in [1.82, 2.24) is 9.80 Å². The largest absolute Gasteiger partial charge is 0.497 e. The fraction of sp³-hybridized carbons (Fsp3) is 0.333. The molecule has 0 N–H and O–H groups in total. The van der Waals surface area contributed by atoms with Gasteiger partial charge in [0.25, 0.3) is 5.91 Å². The molecule has 1 atom stereocenters. The number of amides is 2. The number of benzene rings is 2. The number of carbonyl (C=O) groups excluding carboxylic acids is 2. The number of para-hydroxylation sites is 1. The average molecular weight is 479 g/mol. The quantitative estimate of drug-likeness (QED) is 0.443. The first kappa shape index (κ1) is 23.8. The van der Waals surface area contributed by atoms with Gasteiger partial charge in [-0.05, 0) is 66.2 Å². The normalized spacial score (nSPS) is 14.9. The van der Waals surface area contributed by atoms with Crippen LogP contribution in [0.2, 0.25) is 0 Å². The lowest BCUT2D eigenvalue weighted by molar-refractivity contribution is -0.135. The predicted molar refractivity (Wildman–Crippen MR) is 134 cm³/mol. The summed E-state index contributed by atoms with van der Waals surface area (Å²) in [6, 6.07) is 18.6. The Morgan fingerprint density at radius 3 is 2.53 bits per heavy atom. The second-order valence-corrected chi connectivity index (χ2v) is 9.23. The Balaban J connectivity index is 1.50. The third-order valence-corrected chi connectivity index (χ3v) is 7.01. The van der Waals surface area contributed by atoms with E-state index in [2.05, 4.69) is 11.4 Å². The number of carbonyl (C=O) groups is 2. The van der Waals surface area contributed by atoms with Gasteiger partial charge in [-0.3, -0.25) is 9.59 Å². The maximum absolute atomic E-state index is 13.5. The number of ether oxygens (including phenoxy) is 2. The van der Waals surface area contributed by atoms with Crippen molar-refractivity contribution in [3.8, 4) is 11.5 Å². The van der Waals surface area contributed by atoms with Crippen molar-refractivity contribution in [2.75, 3.05) is 33.4 Å². The highest BCUT2D eigenvalue weighted by Gasteiger charge is 2.33. The minimum absolute atomic E-state index is 0.0417. The Morgan fingerprint density at radius 1 is 1.06 bits per heavy atom.